The number of ether oxygens (including phenoxy) is 1. The molecule has 1 fully saturated rings. The van der Waals surface area contributed by atoms with Crippen molar-refractivity contribution < 1.29 is 9.53 Å². The van der Waals surface area contributed by atoms with Crippen LogP contribution < -0.4 is 10.6 Å². The number of carbonyl (C=O) groups is 1. The van der Waals surface area contributed by atoms with Gasteiger partial charge in [0.1, 0.15) is 0 Å². The average molecular weight is 308 g/mol. The molecule has 0 bridgehead atoms. The minimum absolute atomic E-state index is 0.116. The maximum Gasteiger partial charge on any atom is 0.230 e. The summed E-state index contributed by atoms with van der Waals surface area (Å²) in [5.41, 5.74) is 2.26. The van der Waals surface area contributed by atoms with E-state index in [0.717, 1.165) is 37.1 Å². The van der Waals surface area contributed by atoms with E-state index in [-0.39, 0.29) is 5.91 Å². The summed E-state index contributed by atoms with van der Waals surface area (Å²) < 4.78 is 5.18. The van der Waals surface area contributed by atoms with Gasteiger partial charge in [0.25, 0.3) is 0 Å². The zero-order chi connectivity index (χ0) is 14.9. The molecule has 0 aliphatic carbocycles. The lowest BCUT2D eigenvalue weighted by molar-refractivity contribution is -0.118. The molecule has 1 heterocycles. The van der Waals surface area contributed by atoms with Crippen LogP contribution in [0, 0.1) is 0 Å². The van der Waals surface area contributed by atoms with Gasteiger partial charge in [-0.2, -0.15) is 0 Å². The highest BCUT2D eigenvalue weighted by Gasteiger charge is 2.14. The summed E-state index contributed by atoms with van der Waals surface area (Å²) in [7, 11) is 1.69. The van der Waals surface area contributed by atoms with Gasteiger partial charge in [0.05, 0.1) is 12.4 Å². The largest absolute Gasteiger partial charge is 0.380 e. The summed E-state index contributed by atoms with van der Waals surface area (Å²) in [5.74, 6) is 0.669. The van der Waals surface area contributed by atoms with Crippen LogP contribution in [-0.4, -0.2) is 37.1 Å². The number of thioether (sulfide) groups is 1. The third kappa shape index (κ3) is 5.69. The number of piperidine rings is 1. The second-order valence-corrected chi connectivity index (χ2v) is 6.53. The summed E-state index contributed by atoms with van der Waals surface area (Å²) in [6.07, 6.45) is 2.32. The van der Waals surface area contributed by atoms with Crippen LogP contribution in [0.25, 0.3) is 0 Å². The predicted octanol–water partition coefficient (Wildman–Crippen LogP) is 1.93. The Kier molecular flexibility index (Phi) is 7.06. The van der Waals surface area contributed by atoms with E-state index in [9.17, 15) is 4.79 Å². The van der Waals surface area contributed by atoms with E-state index < -0.39 is 0 Å². The molecule has 2 N–H and O–H groups in total. The number of nitrogens with one attached hydrogen (secondary N) is 2. The molecule has 116 valence electrons. The van der Waals surface area contributed by atoms with Gasteiger partial charge in [0, 0.05) is 18.9 Å². The highest BCUT2D eigenvalue weighted by atomic mass is 32.2. The molecule has 4 nitrogen and oxygen atoms in total. The Morgan fingerprint density at radius 2 is 2.05 bits per heavy atom. The lowest BCUT2D eigenvalue weighted by Crippen LogP contribution is -2.31. The molecule has 2 rings (SSSR count). The molecule has 1 aromatic rings. The molecule has 0 unspecified atom stereocenters. The molecule has 1 aliphatic heterocycles. The van der Waals surface area contributed by atoms with E-state index in [1.165, 1.54) is 0 Å². The summed E-state index contributed by atoms with van der Waals surface area (Å²) in [4.78, 5) is 11.9. The van der Waals surface area contributed by atoms with Gasteiger partial charge >= 0.3 is 0 Å². The van der Waals surface area contributed by atoms with Crippen molar-refractivity contribution >= 4 is 17.7 Å². The molecule has 0 spiro atoms. The van der Waals surface area contributed by atoms with Crippen LogP contribution in [0.1, 0.15) is 24.0 Å². The van der Waals surface area contributed by atoms with E-state index in [4.69, 9.17) is 4.74 Å². The summed E-state index contributed by atoms with van der Waals surface area (Å²) in [6.45, 7) is 3.30. The van der Waals surface area contributed by atoms with Crippen LogP contribution in [0.2, 0.25) is 0 Å². The quantitative estimate of drug-likeness (QED) is 0.808. The maximum atomic E-state index is 11.9. The Morgan fingerprint density at radius 1 is 1.33 bits per heavy atom. The first-order valence-electron chi connectivity index (χ1n) is 7.44. The molecule has 1 saturated heterocycles. The minimum Gasteiger partial charge on any atom is -0.380 e. The van der Waals surface area contributed by atoms with E-state index in [2.05, 4.69) is 10.6 Å². The third-order valence-electron chi connectivity index (χ3n) is 3.63. The number of benzene rings is 1. The molecule has 1 aromatic carbocycles. The van der Waals surface area contributed by atoms with Crippen molar-refractivity contribution in [1.82, 2.24) is 10.6 Å². The van der Waals surface area contributed by atoms with Gasteiger partial charge in [-0.15, -0.1) is 11.8 Å². The van der Waals surface area contributed by atoms with Crippen molar-refractivity contribution in [3.63, 3.8) is 0 Å². The van der Waals surface area contributed by atoms with Crippen molar-refractivity contribution in [2.24, 2.45) is 0 Å². The lowest BCUT2D eigenvalue weighted by atomic mass is 10.1. The SMILES string of the molecule is COCc1ccccc1CNC(=O)CSC1CCNCC1. The topological polar surface area (TPSA) is 50.4 Å². The van der Waals surface area contributed by atoms with Gasteiger partial charge in [0.15, 0.2) is 0 Å². The van der Waals surface area contributed by atoms with Gasteiger partial charge in [-0.05, 0) is 37.1 Å². The second kappa shape index (κ2) is 9.07. The second-order valence-electron chi connectivity index (χ2n) is 5.24. The number of amides is 1. The van der Waals surface area contributed by atoms with Crippen molar-refractivity contribution in [3.05, 3.63) is 35.4 Å². The maximum absolute atomic E-state index is 11.9. The first kappa shape index (κ1) is 16.3. The fourth-order valence-electron chi connectivity index (χ4n) is 2.43. The number of carbonyl (C=O) groups excluding carboxylic acids is 1. The van der Waals surface area contributed by atoms with Crippen LogP contribution >= 0.6 is 11.8 Å². The Hall–Kier alpha value is -1.04. The highest BCUT2D eigenvalue weighted by Crippen LogP contribution is 2.19. The van der Waals surface area contributed by atoms with Gasteiger partial charge in [-0.3, -0.25) is 4.79 Å². The van der Waals surface area contributed by atoms with Crippen molar-refractivity contribution in [3.8, 4) is 0 Å². The number of hydrogen-bond acceptors (Lipinski definition) is 4. The van der Waals surface area contributed by atoms with Crippen molar-refractivity contribution in [1.29, 1.82) is 0 Å². The van der Waals surface area contributed by atoms with E-state index in [0.29, 0.717) is 24.2 Å². The lowest BCUT2D eigenvalue weighted by Gasteiger charge is -2.21. The zero-order valence-electron chi connectivity index (χ0n) is 12.6. The summed E-state index contributed by atoms with van der Waals surface area (Å²) in [6, 6.07) is 8.06. The van der Waals surface area contributed by atoms with Gasteiger partial charge in [-0.1, -0.05) is 24.3 Å². The minimum atomic E-state index is 0.116. The molecule has 0 atom stereocenters. The molecular formula is C16H24N2O2S. The smallest absolute Gasteiger partial charge is 0.230 e. The van der Waals surface area contributed by atoms with E-state index >= 15 is 0 Å². The average Bonchev–Trinajstić information content (AvgIpc) is 2.53. The molecule has 0 radical (unpaired) electrons. The molecule has 1 aliphatic rings. The van der Waals surface area contributed by atoms with Crippen LogP contribution in [0.5, 0.6) is 0 Å². The first-order chi connectivity index (χ1) is 10.3. The molecular weight excluding hydrogens is 284 g/mol. The van der Waals surface area contributed by atoms with Crippen LogP contribution in [0.15, 0.2) is 24.3 Å². The summed E-state index contributed by atoms with van der Waals surface area (Å²) in [5, 5.41) is 6.97. The van der Waals surface area contributed by atoms with Gasteiger partial charge in [-0.25, -0.2) is 0 Å². The fraction of sp³-hybridized carbons (Fsp3) is 0.562. The Balaban J connectivity index is 1.73. The molecule has 0 saturated carbocycles. The Bertz CT molecular complexity index is 448. The summed E-state index contributed by atoms with van der Waals surface area (Å²) >= 11 is 1.78. The van der Waals surface area contributed by atoms with Crippen molar-refractivity contribution in [2.45, 2.75) is 31.2 Å². The Labute approximate surface area is 131 Å². The van der Waals surface area contributed by atoms with E-state index in [1.54, 1.807) is 18.9 Å². The molecule has 21 heavy (non-hydrogen) atoms. The van der Waals surface area contributed by atoms with Gasteiger partial charge in [0.2, 0.25) is 5.91 Å². The first-order valence-corrected chi connectivity index (χ1v) is 8.49. The molecule has 5 heteroatoms. The van der Waals surface area contributed by atoms with Crippen molar-refractivity contribution in [2.75, 3.05) is 26.0 Å². The predicted molar refractivity (Wildman–Crippen MR) is 87.4 cm³/mol. The Morgan fingerprint density at radius 3 is 2.76 bits per heavy atom. The van der Waals surface area contributed by atoms with Crippen LogP contribution in [0.3, 0.4) is 0 Å². The van der Waals surface area contributed by atoms with Crippen LogP contribution in [0.4, 0.5) is 0 Å². The standard InChI is InChI=1S/C16H24N2O2S/c1-20-11-14-5-3-2-4-13(14)10-18-16(19)12-21-15-6-8-17-9-7-15/h2-5,15,17H,6-12H2,1H3,(H,18,19). The zero-order valence-corrected chi connectivity index (χ0v) is 13.4. The molecule has 1 amide bonds. The normalized spacial score (nSPS) is 15.9. The third-order valence-corrected chi connectivity index (χ3v) is 5.00. The monoisotopic (exact) mass is 308 g/mol. The van der Waals surface area contributed by atoms with Gasteiger partial charge < -0.3 is 15.4 Å². The van der Waals surface area contributed by atoms with E-state index in [1.807, 2.05) is 24.3 Å². The number of methoxy groups -OCH3 is 1. The molecule has 0 aromatic heterocycles. The van der Waals surface area contributed by atoms with Crippen LogP contribution in [-0.2, 0) is 22.7 Å². The number of hydrogen-bond donors (Lipinski definition) is 2. The highest BCUT2D eigenvalue weighted by molar-refractivity contribution is 8.00. The fourth-order valence-corrected chi connectivity index (χ4v) is 3.48. The number of rotatable bonds is 7.